The first-order valence-electron chi connectivity index (χ1n) is 8.06. The second-order valence-electron chi connectivity index (χ2n) is 5.96. The van der Waals surface area contributed by atoms with Gasteiger partial charge in [0.2, 0.25) is 0 Å². The summed E-state index contributed by atoms with van der Waals surface area (Å²) in [6, 6.07) is 0. The molecule has 0 atom stereocenters. The lowest BCUT2D eigenvalue weighted by atomic mass is 9.94. The SMILES string of the molecule is CCNCCCN(C)S(=O)(=O)NCCC1CCN(C)CC1. The van der Waals surface area contributed by atoms with Crippen LogP contribution in [0, 0.1) is 5.92 Å². The Hall–Kier alpha value is -0.210. The molecule has 1 heterocycles. The first-order valence-corrected chi connectivity index (χ1v) is 9.50. The summed E-state index contributed by atoms with van der Waals surface area (Å²) < 4.78 is 28.3. The van der Waals surface area contributed by atoms with E-state index in [0.717, 1.165) is 39.0 Å². The molecule has 0 aliphatic carbocycles. The Bertz CT molecular complexity index is 367. The molecule has 21 heavy (non-hydrogen) atoms. The fourth-order valence-electron chi connectivity index (χ4n) is 2.58. The van der Waals surface area contributed by atoms with Gasteiger partial charge in [-0.1, -0.05) is 6.92 Å². The quantitative estimate of drug-likeness (QED) is 0.575. The Morgan fingerprint density at radius 1 is 1.24 bits per heavy atom. The van der Waals surface area contributed by atoms with Crippen molar-refractivity contribution < 1.29 is 8.42 Å². The Morgan fingerprint density at radius 3 is 2.52 bits per heavy atom. The Morgan fingerprint density at radius 2 is 1.90 bits per heavy atom. The lowest BCUT2D eigenvalue weighted by molar-refractivity contribution is 0.213. The summed E-state index contributed by atoms with van der Waals surface area (Å²) in [6.07, 6.45) is 4.13. The molecule has 0 radical (unpaired) electrons. The second kappa shape index (κ2) is 9.74. The zero-order valence-corrected chi connectivity index (χ0v) is 14.6. The molecule has 0 spiro atoms. The number of nitrogens with zero attached hydrogens (tertiary/aromatic N) is 2. The molecular formula is C14H32N4O2S. The summed E-state index contributed by atoms with van der Waals surface area (Å²) in [4.78, 5) is 2.33. The normalized spacial score (nSPS) is 18.5. The summed E-state index contributed by atoms with van der Waals surface area (Å²) >= 11 is 0. The van der Waals surface area contributed by atoms with E-state index in [9.17, 15) is 8.42 Å². The van der Waals surface area contributed by atoms with Crippen molar-refractivity contribution in [1.29, 1.82) is 0 Å². The smallest absolute Gasteiger partial charge is 0.279 e. The van der Waals surface area contributed by atoms with Crippen LogP contribution in [0.3, 0.4) is 0 Å². The Kier molecular flexibility index (Phi) is 8.73. The first-order chi connectivity index (χ1) is 9.95. The lowest BCUT2D eigenvalue weighted by Crippen LogP contribution is -2.40. The van der Waals surface area contributed by atoms with Crippen LogP contribution in [0.4, 0.5) is 0 Å². The number of likely N-dealkylation sites (tertiary alicyclic amines) is 1. The van der Waals surface area contributed by atoms with Gasteiger partial charge in [0.15, 0.2) is 0 Å². The van der Waals surface area contributed by atoms with Gasteiger partial charge < -0.3 is 10.2 Å². The molecule has 0 amide bonds. The zero-order chi connectivity index (χ0) is 15.7. The number of hydrogen-bond acceptors (Lipinski definition) is 4. The summed E-state index contributed by atoms with van der Waals surface area (Å²) in [5, 5.41) is 3.20. The molecule has 0 bridgehead atoms. The zero-order valence-electron chi connectivity index (χ0n) is 13.8. The molecule has 0 unspecified atom stereocenters. The molecule has 0 aromatic carbocycles. The minimum absolute atomic E-state index is 0.550. The average Bonchev–Trinajstić information content (AvgIpc) is 2.45. The topological polar surface area (TPSA) is 64.7 Å². The summed E-state index contributed by atoms with van der Waals surface area (Å²) in [7, 11) is 0.469. The van der Waals surface area contributed by atoms with Gasteiger partial charge in [-0.3, -0.25) is 0 Å². The monoisotopic (exact) mass is 320 g/mol. The fourth-order valence-corrected chi connectivity index (χ4v) is 3.54. The van der Waals surface area contributed by atoms with Crippen LogP contribution < -0.4 is 10.0 Å². The molecule has 2 N–H and O–H groups in total. The highest BCUT2D eigenvalue weighted by Crippen LogP contribution is 2.18. The maximum Gasteiger partial charge on any atom is 0.279 e. The minimum Gasteiger partial charge on any atom is -0.317 e. The molecule has 126 valence electrons. The van der Waals surface area contributed by atoms with E-state index in [4.69, 9.17) is 0 Å². The third-order valence-corrected chi connectivity index (χ3v) is 5.73. The van der Waals surface area contributed by atoms with Crippen molar-refractivity contribution in [3.63, 3.8) is 0 Å². The number of rotatable bonds is 10. The molecule has 0 aromatic heterocycles. The van der Waals surface area contributed by atoms with Gasteiger partial charge in [-0.05, 0) is 64.8 Å². The molecule has 0 aromatic rings. The van der Waals surface area contributed by atoms with E-state index in [-0.39, 0.29) is 0 Å². The van der Waals surface area contributed by atoms with Crippen molar-refractivity contribution in [3.05, 3.63) is 0 Å². The molecule has 1 saturated heterocycles. The summed E-state index contributed by atoms with van der Waals surface area (Å²) in [6.45, 7) is 7.18. The Labute approximate surface area is 130 Å². The van der Waals surface area contributed by atoms with Crippen LogP contribution in [0.2, 0.25) is 0 Å². The van der Waals surface area contributed by atoms with Crippen molar-refractivity contribution >= 4 is 10.2 Å². The second-order valence-corrected chi connectivity index (χ2v) is 7.83. The third-order valence-electron chi connectivity index (χ3n) is 4.16. The van der Waals surface area contributed by atoms with Gasteiger partial charge in [0.05, 0.1) is 0 Å². The predicted octanol–water partition coefficient (Wildman–Crippen LogP) is 0.484. The van der Waals surface area contributed by atoms with E-state index in [1.807, 2.05) is 6.92 Å². The van der Waals surface area contributed by atoms with Crippen LogP contribution in [-0.2, 0) is 10.2 Å². The van der Waals surface area contributed by atoms with Crippen LogP contribution in [0.25, 0.3) is 0 Å². The van der Waals surface area contributed by atoms with E-state index < -0.39 is 10.2 Å². The van der Waals surface area contributed by atoms with Crippen LogP contribution in [0.15, 0.2) is 0 Å². The summed E-state index contributed by atoms with van der Waals surface area (Å²) in [5.41, 5.74) is 0. The van der Waals surface area contributed by atoms with Gasteiger partial charge in [-0.2, -0.15) is 12.7 Å². The highest BCUT2D eigenvalue weighted by Gasteiger charge is 2.19. The first kappa shape index (κ1) is 18.8. The lowest BCUT2D eigenvalue weighted by Gasteiger charge is -2.29. The van der Waals surface area contributed by atoms with Gasteiger partial charge in [0, 0.05) is 20.1 Å². The highest BCUT2D eigenvalue weighted by atomic mass is 32.2. The van der Waals surface area contributed by atoms with Gasteiger partial charge in [0.25, 0.3) is 10.2 Å². The van der Waals surface area contributed by atoms with E-state index in [2.05, 4.69) is 22.0 Å². The van der Waals surface area contributed by atoms with Crippen LogP contribution in [0.5, 0.6) is 0 Å². The largest absolute Gasteiger partial charge is 0.317 e. The van der Waals surface area contributed by atoms with E-state index in [1.54, 1.807) is 7.05 Å². The van der Waals surface area contributed by atoms with Gasteiger partial charge in [0.1, 0.15) is 0 Å². The summed E-state index contributed by atoms with van der Waals surface area (Å²) in [5.74, 6) is 0.656. The standard InChI is InChI=1S/C14H32N4O2S/c1-4-15-9-5-11-18(3)21(19,20)16-10-6-14-7-12-17(2)13-8-14/h14-16H,4-13H2,1-3H3. The molecule has 1 rings (SSSR count). The van der Waals surface area contributed by atoms with Crippen molar-refractivity contribution in [1.82, 2.24) is 19.2 Å². The van der Waals surface area contributed by atoms with Gasteiger partial charge >= 0.3 is 0 Å². The highest BCUT2D eigenvalue weighted by molar-refractivity contribution is 7.87. The molecule has 0 saturated carbocycles. The van der Waals surface area contributed by atoms with Crippen molar-refractivity contribution in [3.8, 4) is 0 Å². The van der Waals surface area contributed by atoms with E-state index >= 15 is 0 Å². The van der Waals surface area contributed by atoms with Crippen molar-refractivity contribution in [2.75, 3.05) is 53.4 Å². The number of nitrogens with one attached hydrogen (secondary N) is 2. The molecule has 6 nitrogen and oxygen atoms in total. The molecule has 7 heteroatoms. The van der Waals surface area contributed by atoms with E-state index in [1.165, 1.54) is 17.1 Å². The Balaban J connectivity index is 2.19. The maximum atomic E-state index is 12.1. The number of piperidine rings is 1. The molecule has 1 aliphatic rings. The van der Waals surface area contributed by atoms with E-state index in [0.29, 0.717) is 19.0 Å². The van der Waals surface area contributed by atoms with Gasteiger partial charge in [-0.15, -0.1) is 0 Å². The fraction of sp³-hybridized carbons (Fsp3) is 1.00. The van der Waals surface area contributed by atoms with Crippen LogP contribution in [0.1, 0.15) is 32.6 Å². The molecule has 1 fully saturated rings. The van der Waals surface area contributed by atoms with Crippen molar-refractivity contribution in [2.45, 2.75) is 32.6 Å². The van der Waals surface area contributed by atoms with Gasteiger partial charge in [-0.25, -0.2) is 4.72 Å². The van der Waals surface area contributed by atoms with Crippen LogP contribution >= 0.6 is 0 Å². The number of hydrogen-bond donors (Lipinski definition) is 2. The van der Waals surface area contributed by atoms with Crippen LogP contribution in [-0.4, -0.2) is 71.0 Å². The predicted molar refractivity (Wildman–Crippen MR) is 87.6 cm³/mol. The minimum atomic E-state index is -3.31. The molecule has 1 aliphatic heterocycles. The third kappa shape index (κ3) is 7.56. The molecular weight excluding hydrogens is 288 g/mol. The average molecular weight is 321 g/mol. The maximum absolute atomic E-state index is 12.1. The van der Waals surface area contributed by atoms with Crippen molar-refractivity contribution in [2.24, 2.45) is 5.92 Å².